The van der Waals surface area contributed by atoms with Gasteiger partial charge in [0.2, 0.25) is 5.91 Å². The fourth-order valence-electron chi connectivity index (χ4n) is 2.80. The second kappa shape index (κ2) is 7.75. The summed E-state index contributed by atoms with van der Waals surface area (Å²) in [5.74, 6) is -1.40. The van der Waals surface area contributed by atoms with Crippen LogP contribution in [-0.4, -0.2) is 37.8 Å². The van der Waals surface area contributed by atoms with Gasteiger partial charge in [-0.05, 0) is 12.8 Å². The first-order valence-electron chi connectivity index (χ1n) is 7.51. The lowest BCUT2D eigenvalue weighted by atomic mass is 9.86. The maximum Gasteiger partial charge on any atom is 0.308 e. The molecule has 1 fully saturated rings. The van der Waals surface area contributed by atoms with Gasteiger partial charge in [0.25, 0.3) is 0 Å². The zero-order valence-corrected chi connectivity index (χ0v) is 12.1. The summed E-state index contributed by atoms with van der Waals surface area (Å²) in [4.78, 5) is 27.2. The van der Waals surface area contributed by atoms with E-state index in [0.29, 0.717) is 13.0 Å². The second-order valence-corrected chi connectivity index (χ2v) is 5.52. The van der Waals surface area contributed by atoms with E-state index in [0.717, 1.165) is 32.1 Å². The topological polar surface area (TPSA) is 97.1 Å². The van der Waals surface area contributed by atoms with Gasteiger partial charge in [0.05, 0.1) is 12.5 Å². The Labute approximate surface area is 123 Å². The molecule has 116 valence electrons. The molecule has 7 heteroatoms. The van der Waals surface area contributed by atoms with Crippen LogP contribution in [0.1, 0.15) is 44.9 Å². The molecule has 1 saturated carbocycles. The number of aromatic nitrogens is 3. The van der Waals surface area contributed by atoms with Crippen molar-refractivity contribution in [1.82, 2.24) is 20.1 Å². The molecule has 0 spiro atoms. The van der Waals surface area contributed by atoms with Crippen LogP contribution in [0.15, 0.2) is 12.7 Å². The summed E-state index contributed by atoms with van der Waals surface area (Å²) >= 11 is 0. The monoisotopic (exact) mass is 294 g/mol. The predicted octanol–water partition coefficient (Wildman–Crippen LogP) is 1.21. The van der Waals surface area contributed by atoms with Crippen molar-refractivity contribution in [2.75, 3.05) is 0 Å². The van der Waals surface area contributed by atoms with Crippen LogP contribution in [0.25, 0.3) is 0 Å². The fourth-order valence-corrected chi connectivity index (χ4v) is 2.80. The molecule has 2 N–H and O–H groups in total. The molecular formula is C14H22N4O3. The van der Waals surface area contributed by atoms with Gasteiger partial charge >= 0.3 is 5.97 Å². The Morgan fingerprint density at radius 2 is 2.00 bits per heavy atom. The lowest BCUT2D eigenvalue weighted by Gasteiger charge is -2.27. The number of hydrogen-bond acceptors (Lipinski definition) is 4. The first-order valence-corrected chi connectivity index (χ1v) is 7.51. The van der Waals surface area contributed by atoms with Crippen molar-refractivity contribution in [2.24, 2.45) is 5.92 Å². The number of carbonyl (C=O) groups excluding carboxylic acids is 1. The molecule has 1 amide bonds. The number of amides is 1. The normalized spacial score (nSPS) is 23.0. The van der Waals surface area contributed by atoms with Gasteiger partial charge in [0.1, 0.15) is 12.7 Å². The third-order valence-electron chi connectivity index (χ3n) is 3.96. The van der Waals surface area contributed by atoms with Gasteiger partial charge < -0.3 is 10.4 Å². The Morgan fingerprint density at radius 1 is 1.24 bits per heavy atom. The number of nitrogens with zero attached hydrogens (tertiary/aromatic N) is 3. The van der Waals surface area contributed by atoms with Crippen molar-refractivity contribution in [2.45, 2.75) is 57.5 Å². The summed E-state index contributed by atoms with van der Waals surface area (Å²) < 4.78 is 1.59. The van der Waals surface area contributed by atoms with E-state index in [-0.39, 0.29) is 18.4 Å². The van der Waals surface area contributed by atoms with Crippen molar-refractivity contribution in [3.05, 3.63) is 12.7 Å². The maximum absolute atomic E-state index is 12.0. The average molecular weight is 294 g/mol. The molecule has 2 unspecified atom stereocenters. The summed E-state index contributed by atoms with van der Waals surface area (Å²) in [7, 11) is 0. The summed E-state index contributed by atoms with van der Waals surface area (Å²) in [6.07, 6.45) is 8.73. The Hall–Kier alpha value is -1.92. The number of hydrogen-bond donors (Lipinski definition) is 2. The van der Waals surface area contributed by atoms with E-state index in [1.165, 1.54) is 6.33 Å². The highest BCUT2D eigenvalue weighted by Gasteiger charge is 2.29. The molecule has 0 radical (unpaired) electrons. The van der Waals surface area contributed by atoms with E-state index in [4.69, 9.17) is 0 Å². The molecule has 1 heterocycles. The fraction of sp³-hybridized carbons (Fsp3) is 0.714. The van der Waals surface area contributed by atoms with E-state index in [1.54, 1.807) is 11.0 Å². The number of aryl methyl sites for hydroxylation is 1. The minimum atomic E-state index is -0.807. The predicted molar refractivity (Wildman–Crippen MR) is 75.4 cm³/mol. The smallest absolute Gasteiger partial charge is 0.308 e. The molecule has 1 aromatic rings. The Kier molecular flexibility index (Phi) is 5.71. The van der Waals surface area contributed by atoms with Crippen molar-refractivity contribution in [1.29, 1.82) is 0 Å². The highest BCUT2D eigenvalue weighted by atomic mass is 16.4. The number of carboxylic acid groups (broad SMARTS) is 1. The molecule has 2 atom stereocenters. The van der Waals surface area contributed by atoms with Crippen LogP contribution < -0.4 is 5.32 Å². The molecular weight excluding hydrogens is 272 g/mol. The molecule has 0 bridgehead atoms. The lowest BCUT2D eigenvalue weighted by molar-refractivity contribution is -0.143. The van der Waals surface area contributed by atoms with Crippen LogP contribution in [0.3, 0.4) is 0 Å². The SMILES string of the molecule is O=C(CCn1cncn1)NC1CCCCCCC1C(=O)O. The molecule has 0 saturated heterocycles. The second-order valence-electron chi connectivity index (χ2n) is 5.52. The molecule has 1 aliphatic carbocycles. The molecule has 0 aliphatic heterocycles. The van der Waals surface area contributed by atoms with E-state index in [9.17, 15) is 14.7 Å². The van der Waals surface area contributed by atoms with Crippen LogP contribution in [0.2, 0.25) is 0 Å². The quantitative estimate of drug-likeness (QED) is 0.850. The highest BCUT2D eigenvalue weighted by molar-refractivity contribution is 5.78. The van der Waals surface area contributed by atoms with Crippen LogP contribution in [0.4, 0.5) is 0 Å². The lowest BCUT2D eigenvalue weighted by Crippen LogP contribution is -2.44. The summed E-state index contributed by atoms with van der Waals surface area (Å²) in [6, 6.07) is -0.258. The minimum absolute atomic E-state index is 0.123. The van der Waals surface area contributed by atoms with E-state index < -0.39 is 11.9 Å². The van der Waals surface area contributed by atoms with Gasteiger partial charge in [-0.25, -0.2) is 4.98 Å². The van der Waals surface area contributed by atoms with Crippen molar-refractivity contribution >= 4 is 11.9 Å². The first-order chi connectivity index (χ1) is 10.2. The molecule has 1 aliphatic rings. The van der Waals surface area contributed by atoms with Crippen molar-refractivity contribution in [3.8, 4) is 0 Å². The van der Waals surface area contributed by atoms with Gasteiger partial charge in [0, 0.05) is 12.5 Å². The maximum atomic E-state index is 12.0. The van der Waals surface area contributed by atoms with Crippen LogP contribution in [-0.2, 0) is 16.1 Å². The zero-order chi connectivity index (χ0) is 15.1. The van der Waals surface area contributed by atoms with E-state index in [2.05, 4.69) is 15.4 Å². The number of rotatable bonds is 5. The van der Waals surface area contributed by atoms with Gasteiger partial charge in [-0.3, -0.25) is 14.3 Å². The molecule has 7 nitrogen and oxygen atoms in total. The number of carboxylic acids is 1. The largest absolute Gasteiger partial charge is 0.481 e. The number of aliphatic carboxylic acids is 1. The molecule has 0 aromatic carbocycles. The Balaban J connectivity index is 1.87. The summed E-state index contributed by atoms with van der Waals surface area (Å²) in [6.45, 7) is 0.455. The van der Waals surface area contributed by atoms with E-state index in [1.807, 2.05) is 0 Å². The standard InChI is InChI=1S/C14H22N4O3/c19-13(7-8-18-10-15-9-16-18)17-12-6-4-2-1-3-5-11(12)14(20)21/h9-12H,1-8H2,(H,17,19)(H,20,21). The zero-order valence-electron chi connectivity index (χ0n) is 12.1. The van der Waals surface area contributed by atoms with Crippen molar-refractivity contribution in [3.63, 3.8) is 0 Å². The highest BCUT2D eigenvalue weighted by Crippen LogP contribution is 2.23. The molecule has 21 heavy (non-hydrogen) atoms. The number of carbonyl (C=O) groups is 2. The molecule has 2 rings (SSSR count). The Morgan fingerprint density at radius 3 is 2.67 bits per heavy atom. The summed E-state index contributed by atoms with van der Waals surface area (Å²) in [5, 5.41) is 16.2. The van der Waals surface area contributed by atoms with Crippen LogP contribution in [0, 0.1) is 5.92 Å². The average Bonchev–Trinajstić information content (AvgIpc) is 2.92. The third-order valence-corrected chi connectivity index (χ3v) is 3.96. The summed E-state index contributed by atoms with van der Waals surface area (Å²) in [5.41, 5.74) is 0. The van der Waals surface area contributed by atoms with Crippen LogP contribution >= 0.6 is 0 Å². The molecule has 1 aromatic heterocycles. The van der Waals surface area contributed by atoms with Crippen LogP contribution in [0.5, 0.6) is 0 Å². The first kappa shape index (κ1) is 15.5. The van der Waals surface area contributed by atoms with Crippen molar-refractivity contribution < 1.29 is 14.7 Å². The van der Waals surface area contributed by atoms with Gasteiger partial charge in [-0.1, -0.05) is 25.7 Å². The van der Waals surface area contributed by atoms with Gasteiger partial charge in [-0.2, -0.15) is 5.10 Å². The van der Waals surface area contributed by atoms with Gasteiger partial charge in [0.15, 0.2) is 0 Å². The van der Waals surface area contributed by atoms with Gasteiger partial charge in [-0.15, -0.1) is 0 Å². The number of nitrogens with one attached hydrogen (secondary N) is 1. The minimum Gasteiger partial charge on any atom is -0.481 e. The third kappa shape index (κ3) is 4.84. The van der Waals surface area contributed by atoms with E-state index >= 15 is 0 Å². The Bertz CT molecular complexity index is 461.